The number of rotatable bonds is 5. The van der Waals surface area contributed by atoms with Gasteiger partial charge in [-0.15, -0.1) is 0 Å². The number of carbonyl (C=O) groups is 1. The maximum atomic E-state index is 11.7. The second kappa shape index (κ2) is 8.20. The Morgan fingerprint density at radius 2 is 1.43 bits per heavy atom. The zero-order valence-corrected chi connectivity index (χ0v) is 13.7. The molecule has 2 rings (SSSR count). The molecular formula is C19H17ClO3. The van der Waals surface area contributed by atoms with Gasteiger partial charge in [-0.1, -0.05) is 60.2 Å². The molecule has 23 heavy (non-hydrogen) atoms. The predicted octanol–water partition coefficient (Wildman–Crippen LogP) is 4.67. The number of carbonyl (C=O) groups excluding carboxylic acids is 1. The Labute approximate surface area is 140 Å². The number of esters is 1. The Morgan fingerprint density at radius 3 is 1.91 bits per heavy atom. The fraction of sp³-hybridized carbons (Fsp3) is 0.105. The van der Waals surface area contributed by atoms with Crippen LogP contribution in [0.4, 0.5) is 0 Å². The summed E-state index contributed by atoms with van der Waals surface area (Å²) in [5, 5.41) is 0.715. The predicted molar refractivity (Wildman–Crippen MR) is 93.8 cm³/mol. The van der Waals surface area contributed by atoms with Gasteiger partial charge >= 0.3 is 5.97 Å². The normalized spacial score (nSPS) is 11.5. The third kappa shape index (κ3) is 4.73. The van der Waals surface area contributed by atoms with Gasteiger partial charge in [0.2, 0.25) is 0 Å². The number of halogens is 1. The molecule has 0 saturated heterocycles. The second-order valence-corrected chi connectivity index (χ2v) is 5.20. The van der Waals surface area contributed by atoms with E-state index in [0.717, 1.165) is 16.7 Å². The monoisotopic (exact) mass is 328 g/mol. The number of hydrogen-bond acceptors (Lipinski definition) is 3. The molecule has 0 unspecified atom stereocenters. The van der Waals surface area contributed by atoms with Crippen LogP contribution in [0.3, 0.4) is 0 Å². The van der Waals surface area contributed by atoms with Crippen molar-refractivity contribution in [2.45, 2.75) is 0 Å². The van der Waals surface area contributed by atoms with Crippen molar-refractivity contribution < 1.29 is 14.3 Å². The fourth-order valence-electron chi connectivity index (χ4n) is 2.00. The van der Waals surface area contributed by atoms with Gasteiger partial charge in [0.05, 0.1) is 20.5 Å². The van der Waals surface area contributed by atoms with Crippen LogP contribution in [0.2, 0.25) is 5.02 Å². The van der Waals surface area contributed by atoms with Crippen molar-refractivity contribution in [3.05, 3.63) is 76.5 Å². The largest absolute Gasteiger partial charge is 0.503 e. The van der Waals surface area contributed by atoms with Gasteiger partial charge in [0.25, 0.3) is 0 Å². The van der Waals surface area contributed by atoms with Crippen molar-refractivity contribution in [3.63, 3.8) is 0 Å². The van der Waals surface area contributed by atoms with E-state index in [1.54, 1.807) is 0 Å². The molecule has 4 heteroatoms. The molecule has 0 N–H and O–H groups in total. The summed E-state index contributed by atoms with van der Waals surface area (Å²) < 4.78 is 9.69. The standard InChI is InChI=1S/C19H17ClO3/c1-22-13-18(19(21)23-2)16-9-5-14(6-10-16)3-4-15-7-11-17(20)12-8-15/h3-13H,1-2H3/b4-3+,18-13-. The van der Waals surface area contributed by atoms with Crippen LogP contribution in [0.1, 0.15) is 16.7 Å². The van der Waals surface area contributed by atoms with E-state index in [1.807, 2.05) is 60.7 Å². The Bertz CT molecular complexity index is 713. The second-order valence-electron chi connectivity index (χ2n) is 4.77. The number of methoxy groups -OCH3 is 2. The van der Waals surface area contributed by atoms with Gasteiger partial charge in [-0.05, 0) is 28.8 Å². The summed E-state index contributed by atoms with van der Waals surface area (Å²) in [7, 11) is 2.83. The fourth-order valence-corrected chi connectivity index (χ4v) is 2.13. The smallest absolute Gasteiger partial charge is 0.341 e. The quantitative estimate of drug-likeness (QED) is 0.346. The highest BCUT2D eigenvalue weighted by Gasteiger charge is 2.12. The first-order valence-electron chi connectivity index (χ1n) is 6.99. The maximum absolute atomic E-state index is 11.7. The third-order valence-electron chi connectivity index (χ3n) is 3.20. The summed E-state index contributed by atoms with van der Waals surface area (Å²) in [6, 6.07) is 15.1. The van der Waals surface area contributed by atoms with Crippen molar-refractivity contribution in [2.24, 2.45) is 0 Å². The van der Waals surface area contributed by atoms with Crippen molar-refractivity contribution in [1.82, 2.24) is 0 Å². The van der Waals surface area contributed by atoms with E-state index in [4.69, 9.17) is 21.1 Å². The van der Waals surface area contributed by atoms with E-state index in [-0.39, 0.29) is 0 Å². The highest BCUT2D eigenvalue weighted by molar-refractivity contribution is 6.30. The topological polar surface area (TPSA) is 35.5 Å². The summed E-state index contributed by atoms with van der Waals surface area (Å²) in [6.45, 7) is 0. The van der Waals surface area contributed by atoms with Crippen LogP contribution < -0.4 is 0 Å². The maximum Gasteiger partial charge on any atom is 0.341 e. The molecule has 0 aliphatic heterocycles. The first kappa shape index (κ1) is 16.8. The Hall–Kier alpha value is -2.52. The third-order valence-corrected chi connectivity index (χ3v) is 3.45. The van der Waals surface area contributed by atoms with Crippen LogP contribution in [0, 0.1) is 0 Å². The van der Waals surface area contributed by atoms with Crippen LogP contribution in [0.25, 0.3) is 17.7 Å². The molecule has 0 spiro atoms. The number of benzene rings is 2. The Kier molecular flexibility index (Phi) is 6.01. The minimum Gasteiger partial charge on any atom is -0.503 e. The molecule has 2 aromatic carbocycles. The molecule has 0 radical (unpaired) electrons. The summed E-state index contributed by atoms with van der Waals surface area (Å²) in [6.07, 6.45) is 5.37. The van der Waals surface area contributed by atoms with Gasteiger partial charge < -0.3 is 9.47 Å². The van der Waals surface area contributed by atoms with E-state index in [0.29, 0.717) is 10.6 Å². The van der Waals surface area contributed by atoms with Gasteiger partial charge in [-0.3, -0.25) is 0 Å². The SMILES string of the molecule is CO/C=C(\C(=O)OC)c1ccc(/C=C/c2ccc(Cl)cc2)cc1. The molecule has 0 amide bonds. The molecule has 0 aromatic heterocycles. The lowest BCUT2D eigenvalue weighted by atomic mass is 10.0. The molecule has 0 aliphatic carbocycles. The molecule has 2 aromatic rings. The van der Waals surface area contributed by atoms with E-state index in [1.165, 1.54) is 20.5 Å². The van der Waals surface area contributed by atoms with Gasteiger partial charge in [-0.25, -0.2) is 4.79 Å². The lowest BCUT2D eigenvalue weighted by Crippen LogP contribution is -2.04. The van der Waals surface area contributed by atoms with E-state index >= 15 is 0 Å². The van der Waals surface area contributed by atoms with Crippen LogP contribution in [-0.4, -0.2) is 20.2 Å². The van der Waals surface area contributed by atoms with Crippen molar-refractivity contribution in [1.29, 1.82) is 0 Å². The first-order valence-corrected chi connectivity index (χ1v) is 7.37. The van der Waals surface area contributed by atoms with E-state index < -0.39 is 5.97 Å². The summed E-state index contributed by atoms with van der Waals surface area (Å²) in [5.74, 6) is -0.434. The molecule has 0 fully saturated rings. The van der Waals surface area contributed by atoms with E-state index in [2.05, 4.69) is 0 Å². The average molecular weight is 329 g/mol. The van der Waals surface area contributed by atoms with Gasteiger partial charge in [0.1, 0.15) is 5.57 Å². The molecule has 0 saturated carbocycles. The zero-order valence-electron chi connectivity index (χ0n) is 13.0. The molecule has 0 heterocycles. The summed E-state index contributed by atoms with van der Waals surface area (Å²) >= 11 is 5.86. The highest BCUT2D eigenvalue weighted by atomic mass is 35.5. The zero-order chi connectivity index (χ0) is 16.7. The first-order chi connectivity index (χ1) is 11.1. The average Bonchev–Trinajstić information content (AvgIpc) is 2.59. The van der Waals surface area contributed by atoms with Gasteiger partial charge in [-0.2, -0.15) is 0 Å². The van der Waals surface area contributed by atoms with Crippen molar-refractivity contribution in [3.8, 4) is 0 Å². The number of ether oxygens (including phenoxy) is 2. The number of hydrogen-bond donors (Lipinski definition) is 0. The minimum absolute atomic E-state index is 0.378. The molecule has 118 valence electrons. The lowest BCUT2D eigenvalue weighted by molar-refractivity contribution is -0.133. The van der Waals surface area contributed by atoms with Gasteiger partial charge in [0, 0.05) is 5.02 Å². The van der Waals surface area contributed by atoms with Crippen molar-refractivity contribution in [2.75, 3.05) is 14.2 Å². The van der Waals surface area contributed by atoms with Crippen LogP contribution in [0.5, 0.6) is 0 Å². The van der Waals surface area contributed by atoms with E-state index in [9.17, 15) is 4.79 Å². The Morgan fingerprint density at radius 1 is 0.913 bits per heavy atom. The minimum atomic E-state index is -0.434. The lowest BCUT2D eigenvalue weighted by Gasteiger charge is -2.05. The molecule has 0 bridgehead atoms. The molecule has 3 nitrogen and oxygen atoms in total. The molecule has 0 aliphatic rings. The van der Waals surface area contributed by atoms with Crippen molar-refractivity contribution >= 4 is 35.3 Å². The molecule has 0 atom stereocenters. The highest BCUT2D eigenvalue weighted by Crippen LogP contribution is 2.18. The van der Waals surface area contributed by atoms with Crippen LogP contribution in [-0.2, 0) is 14.3 Å². The Balaban J connectivity index is 2.17. The summed E-state index contributed by atoms with van der Waals surface area (Å²) in [4.78, 5) is 11.7. The molecular weight excluding hydrogens is 312 g/mol. The van der Waals surface area contributed by atoms with Gasteiger partial charge in [0.15, 0.2) is 0 Å². The van der Waals surface area contributed by atoms with Crippen LogP contribution in [0.15, 0.2) is 54.8 Å². The van der Waals surface area contributed by atoms with Crippen LogP contribution >= 0.6 is 11.6 Å². The summed E-state index contributed by atoms with van der Waals surface area (Å²) in [5.41, 5.74) is 3.20.